The van der Waals surface area contributed by atoms with Crippen LogP contribution in [0, 0.1) is 20.2 Å². The summed E-state index contributed by atoms with van der Waals surface area (Å²) in [4.78, 5) is 20.1. The van der Waals surface area contributed by atoms with E-state index >= 15 is 0 Å². The van der Waals surface area contributed by atoms with Crippen LogP contribution in [0.15, 0.2) is 48.5 Å². The normalized spacial score (nSPS) is 14.9. The first-order valence-corrected chi connectivity index (χ1v) is 8.55. The Kier molecular flexibility index (Phi) is 10.2. The molecule has 2 aromatic carbocycles. The van der Waals surface area contributed by atoms with Gasteiger partial charge in [0.15, 0.2) is 11.5 Å². The lowest BCUT2D eigenvalue weighted by atomic mass is 10.3. The molecule has 2 N–H and O–H groups in total. The third kappa shape index (κ3) is 7.99. The van der Waals surface area contributed by atoms with E-state index < -0.39 is 22.6 Å². The fourth-order valence-electron chi connectivity index (χ4n) is 2.05. The molecule has 2 aromatic rings. The minimum absolute atomic E-state index is 0. The topological polar surface area (TPSA) is 158 Å². The lowest BCUT2D eigenvalue weighted by molar-refractivity contribution is -0.386. The van der Waals surface area contributed by atoms with E-state index in [1.807, 2.05) is 0 Å². The average molecular weight is 424 g/mol. The molecular formula is C19H24N2O9. The van der Waals surface area contributed by atoms with Gasteiger partial charge in [-0.15, -0.1) is 0 Å². The molecule has 0 radical (unpaired) electrons. The highest BCUT2D eigenvalue weighted by Gasteiger charge is 2.24. The number of nitro benzene ring substituents is 2. The number of ether oxygens (including phenoxy) is 3. The molecule has 1 aliphatic heterocycles. The van der Waals surface area contributed by atoms with Gasteiger partial charge in [0.25, 0.3) is 0 Å². The first-order valence-electron chi connectivity index (χ1n) is 8.55. The van der Waals surface area contributed by atoms with Crippen LogP contribution in [0.5, 0.6) is 11.5 Å². The summed E-state index contributed by atoms with van der Waals surface area (Å²) in [7, 11) is 0. The molecule has 0 amide bonds. The molecule has 0 saturated carbocycles. The molecule has 2 unspecified atom stereocenters. The second-order valence-corrected chi connectivity index (χ2v) is 5.86. The van der Waals surface area contributed by atoms with E-state index in [2.05, 4.69) is 0 Å². The zero-order valence-electron chi connectivity index (χ0n) is 15.2. The summed E-state index contributed by atoms with van der Waals surface area (Å²) in [6.07, 6.45) is -0.931. The molecule has 0 spiro atoms. The summed E-state index contributed by atoms with van der Waals surface area (Å²) in [5, 5.41) is 38.7. The predicted molar refractivity (Wildman–Crippen MR) is 107 cm³/mol. The second kappa shape index (κ2) is 12.3. The van der Waals surface area contributed by atoms with Gasteiger partial charge in [-0.2, -0.15) is 0 Å². The van der Waals surface area contributed by atoms with E-state index in [1.165, 1.54) is 24.3 Å². The average Bonchev–Trinajstić information content (AvgIpc) is 3.55. The fourth-order valence-corrected chi connectivity index (χ4v) is 2.05. The Bertz CT molecular complexity index is 827. The van der Waals surface area contributed by atoms with Crippen LogP contribution in [-0.2, 0) is 4.74 Å². The number of aliphatic hydroxyl groups excluding tert-OH is 2. The Hall–Kier alpha value is -3.28. The standard InChI is InChI=1S/C9H11NO5.C9H9NO4.CH4/c11-5-7(12)6-15-9-4-2-1-3-8(9)10(13)14;11-10(12)8-3-1-2-4-9(8)14-6-7-5-13-7;/h1-4,7,11-12H,5-6H2;1-4,7H,5-6H2;1H4. The van der Waals surface area contributed by atoms with E-state index in [1.54, 1.807) is 24.3 Å². The third-order valence-corrected chi connectivity index (χ3v) is 3.59. The van der Waals surface area contributed by atoms with Gasteiger partial charge in [0, 0.05) is 12.1 Å². The number of aliphatic hydroxyl groups is 2. The van der Waals surface area contributed by atoms with Crippen molar-refractivity contribution < 1.29 is 34.3 Å². The Balaban J connectivity index is 0.000000291. The van der Waals surface area contributed by atoms with Gasteiger partial charge in [-0.25, -0.2) is 0 Å². The summed E-state index contributed by atoms with van der Waals surface area (Å²) in [5.41, 5.74) is -0.171. The maximum Gasteiger partial charge on any atom is 0.310 e. The van der Waals surface area contributed by atoms with Gasteiger partial charge >= 0.3 is 11.4 Å². The van der Waals surface area contributed by atoms with E-state index in [4.69, 9.17) is 24.4 Å². The molecule has 1 saturated heterocycles. The summed E-state index contributed by atoms with van der Waals surface area (Å²) in [6.45, 7) is 0.438. The molecule has 11 heteroatoms. The van der Waals surface area contributed by atoms with Gasteiger partial charge in [0.2, 0.25) is 0 Å². The Labute approximate surface area is 172 Å². The Morgan fingerprint density at radius 1 is 1.00 bits per heavy atom. The number of nitrogens with zero attached hydrogens (tertiary/aromatic N) is 2. The molecule has 1 aliphatic rings. The molecule has 1 fully saturated rings. The van der Waals surface area contributed by atoms with Crippen LogP contribution in [0.4, 0.5) is 11.4 Å². The van der Waals surface area contributed by atoms with E-state index in [-0.39, 0.29) is 37.3 Å². The number of nitro groups is 2. The van der Waals surface area contributed by atoms with Crippen LogP contribution in [0.25, 0.3) is 0 Å². The highest BCUT2D eigenvalue weighted by Crippen LogP contribution is 2.27. The summed E-state index contributed by atoms with van der Waals surface area (Å²) >= 11 is 0. The molecule has 0 bridgehead atoms. The lowest BCUT2D eigenvalue weighted by Gasteiger charge is -2.09. The van der Waals surface area contributed by atoms with Crippen LogP contribution in [0.2, 0.25) is 0 Å². The Morgan fingerprint density at radius 2 is 1.47 bits per heavy atom. The zero-order chi connectivity index (χ0) is 21.2. The van der Waals surface area contributed by atoms with Crippen LogP contribution in [-0.4, -0.2) is 58.7 Å². The van der Waals surface area contributed by atoms with E-state index in [0.717, 1.165) is 0 Å². The van der Waals surface area contributed by atoms with Crippen molar-refractivity contribution in [3.05, 3.63) is 68.8 Å². The van der Waals surface area contributed by atoms with Crippen molar-refractivity contribution in [3.63, 3.8) is 0 Å². The first-order chi connectivity index (χ1) is 13.9. The van der Waals surface area contributed by atoms with Crippen molar-refractivity contribution in [2.75, 3.05) is 26.4 Å². The quantitative estimate of drug-likeness (QED) is 0.350. The molecule has 11 nitrogen and oxygen atoms in total. The predicted octanol–water partition coefficient (Wildman–Crippen LogP) is 2.34. The van der Waals surface area contributed by atoms with Crippen LogP contribution in [0.1, 0.15) is 7.43 Å². The SMILES string of the molecule is C.O=[N+]([O-])c1ccccc1OCC(O)CO.O=[N+]([O-])c1ccccc1OCC1CO1. The molecule has 2 atom stereocenters. The van der Waals surface area contributed by atoms with Gasteiger partial charge in [0.1, 0.15) is 25.4 Å². The van der Waals surface area contributed by atoms with E-state index in [0.29, 0.717) is 19.0 Å². The molecule has 0 aromatic heterocycles. The van der Waals surface area contributed by atoms with Gasteiger partial charge < -0.3 is 24.4 Å². The highest BCUT2D eigenvalue weighted by atomic mass is 16.6. The number of hydrogen-bond donors (Lipinski definition) is 2. The van der Waals surface area contributed by atoms with Gasteiger partial charge in [-0.1, -0.05) is 31.7 Å². The van der Waals surface area contributed by atoms with Crippen molar-refractivity contribution in [2.24, 2.45) is 0 Å². The van der Waals surface area contributed by atoms with Crippen molar-refractivity contribution in [1.29, 1.82) is 0 Å². The first kappa shape index (κ1) is 24.8. The second-order valence-electron chi connectivity index (χ2n) is 5.86. The van der Waals surface area contributed by atoms with Crippen LogP contribution < -0.4 is 9.47 Å². The number of hydrogen-bond acceptors (Lipinski definition) is 9. The van der Waals surface area contributed by atoms with Crippen LogP contribution in [0.3, 0.4) is 0 Å². The number of rotatable bonds is 9. The lowest BCUT2D eigenvalue weighted by Crippen LogP contribution is -2.21. The molecule has 164 valence electrons. The third-order valence-electron chi connectivity index (χ3n) is 3.59. The molecule has 3 rings (SSSR count). The Morgan fingerprint density at radius 3 is 1.90 bits per heavy atom. The monoisotopic (exact) mass is 424 g/mol. The largest absolute Gasteiger partial charge is 0.484 e. The zero-order valence-corrected chi connectivity index (χ0v) is 15.2. The van der Waals surface area contributed by atoms with Crippen molar-refractivity contribution in [1.82, 2.24) is 0 Å². The van der Waals surface area contributed by atoms with Crippen LogP contribution >= 0.6 is 0 Å². The molecule has 1 heterocycles. The number of benzene rings is 2. The maximum atomic E-state index is 10.6. The summed E-state index contributed by atoms with van der Waals surface area (Å²) < 4.78 is 15.2. The van der Waals surface area contributed by atoms with Gasteiger partial charge in [-0.3, -0.25) is 20.2 Å². The smallest absolute Gasteiger partial charge is 0.310 e. The fraction of sp³-hybridized carbons (Fsp3) is 0.368. The molecule has 30 heavy (non-hydrogen) atoms. The number of para-hydroxylation sites is 4. The maximum absolute atomic E-state index is 10.6. The minimum Gasteiger partial charge on any atom is -0.484 e. The summed E-state index contributed by atoms with van der Waals surface area (Å²) in [6, 6.07) is 12.2. The minimum atomic E-state index is -1.04. The van der Waals surface area contributed by atoms with Gasteiger partial charge in [-0.05, 0) is 12.1 Å². The van der Waals surface area contributed by atoms with Gasteiger partial charge in [0.05, 0.1) is 23.1 Å². The molecule has 0 aliphatic carbocycles. The highest BCUT2D eigenvalue weighted by molar-refractivity contribution is 5.46. The molecular weight excluding hydrogens is 400 g/mol. The summed E-state index contributed by atoms with van der Waals surface area (Å²) in [5.74, 6) is 0.378. The van der Waals surface area contributed by atoms with Crippen molar-refractivity contribution >= 4 is 11.4 Å². The van der Waals surface area contributed by atoms with E-state index in [9.17, 15) is 20.2 Å². The van der Waals surface area contributed by atoms with Crippen molar-refractivity contribution in [2.45, 2.75) is 19.6 Å². The van der Waals surface area contributed by atoms with Crippen molar-refractivity contribution in [3.8, 4) is 11.5 Å². The number of epoxide rings is 1.